The second-order valence-electron chi connectivity index (χ2n) is 16.1. The third-order valence-electron chi connectivity index (χ3n) is 15.2. The Kier molecular flexibility index (Phi) is 2.51. The summed E-state index contributed by atoms with van der Waals surface area (Å²) in [4.78, 5) is 0. The first-order chi connectivity index (χ1) is 12.0. The Labute approximate surface area is 176 Å². The molecule has 0 spiro atoms. The average Bonchev–Trinajstić information content (AvgIpc) is 2.47. The van der Waals surface area contributed by atoms with Gasteiger partial charge in [-0.3, -0.25) is 0 Å². The van der Waals surface area contributed by atoms with E-state index >= 15 is 0 Å². The van der Waals surface area contributed by atoms with Crippen molar-refractivity contribution in [3.63, 3.8) is 0 Å². The fraction of sp³-hybridized carbons (Fsp3) is 1.00. The van der Waals surface area contributed by atoms with E-state index < -0.39 is 0 Å². The second kappa shape index (κ2) is 3.52. The van der Waals surface area contributed by atoms with E-state index in [2.05, 4.69) is 111 Å². The Bertz CT molecular complexity index is 722. The normalized spacial score (nSPS) is 63.4. The molecule has 0 aromatic rings. The van der Waals surface area contributed by atoms with Crippen LogP contribution in [0.15, 0.2) is 0 Å². The maximum atomic E-state index is 2.74. The molecule has 0 aromatic heterocycles. The van der Waals surface area contributed by atoms with Crippen molar-refractivity contribution in [2.24, 2.45) is 65.0 Å². The van der Waals surface area contributed by atoms with Gasteiger partial charge in [0, 0.05) is 0 Å². The fourth-order valence-corrected chi connectivity index (χ4v) is 17.1. The van der Waals surface area contributed by atoms with E-state index in [9.17, 15) is 0 Å². The molecule has 0 nitrogen and oxygen atoms in total. The maximum Gasteiger partial charge on any atom is -0.00308 e. The molecule has 0 atom stereocenters. The van der Waals surface area contributed by atoms with E-state index in [1.54, 1.807) is 0 Å². The lowest BCUT2D eigenvalue weighted by molar-refractivity contribution is -0.884. The molecule has 6 fully saturated rings. The molecule has 0 heteroatoms. The predicted molar refractivity (Wildman–Crippen MR) is 120 cm³/mol. The lowest BCUT2D eigenvalue weighted by atomic mass is 8.69. The van der Waals surface area contributed by atoms with Gasteiger partial charge in [-0.2, -0.15) is 0 Å². The van der Waals surface area contributed by atoms with Crippen molar-refractivity contribution < 1.29 is 0 Å². The first-order valence-corrected chi connectivity index (χ1v) is 12.0. The molecule has 6 aliphatic rings. The maximum absolute atomic E-state index is 2.74. The van der Waals surface area contributed by atoms with Crippen LogP contribution in [-0.2, 0) is 0 Å². The standard InChI is InChI=1S/C28H48/c1-17(2,3)27(18(4,5)6,19(7,8)9)28-24(14)21(11)20(10)22(24,12)26(28,16)23(20,13)25(21,28)15/h1-16H3. The highest BCUT2D eigenvalue weighted by Crippen LogP contribution is 3.35. The molecule has 0 heterocycles. The van der Waals surface area contributed by atoms with Gasteiger partial charge in [0.2, 0.25) is 0 Å². The molecule has 0 radical (unpaired) electrons. The zero-order valence-electron chi connectivity index (χ0n) is 22.0. The molecular weight excluding hydrogens is 336 g/mol. The molecule has 28 heavy (non-hydrogen) atoms. The molecule has 0 aliphatic heterocycles. The van der Waals surface area contributed by atoms with Crippen LogP contribution in [0.1, 0.15) is 111 Å². The zero-order chi connectivity index (χ0) is 22.0. The summed E-state index contributed by atoms with van der Waals surface area (Å²) >= 11 is 0. The van der Waals surface area contributed by atoms with Gasteiger partial charge >= 0.3 is 0 Å². The van der Waals surface area contributed by atoms with Crippen LogP contribution < -0.4 is 0 Å². The molecule has 6 saturated carbocycles. The number of hydrogen-bond donors (Lipinski definition) is 0. The van der Waals surface area contributed by atoms with Crippen molar-refractivity contribution in [3.05, 3.63) is 0 Å². The fourth-order valence-electron chi connectivity index (χ4n) is 17.1. The Balaban J connectivity index is 1.94. The van der Waals surface area contributed by atoms with E-state index in [4.69, 9.17) is 0 Å². The molecule has 0 aromatic carbocycles. The lowest BCUT2D eigenvalue weighted by Crippen LogP contribution is -3.31. The second-order valence-corrected chi connectivity index (χ2v) is 16.1. The first kappa shape index (κ1) is 19.9. The van der Waals surface area contributed by atoms with Crippen LogP contribution in [0, 0.1) is 65.0 Å². The summed E-state index contributed by atoms with van der Waals surface area (Å²) in [6, 6.07) is 0. The van der Waals surface area contributed by atoms with Gasteiger partial charge in [-0.25, -0.2) is 0 Å². The monoisotopic (exact) mass is 384 g/mol. The van der Waals surface area contributed by atoms with Crippen LogP contribution in [0.5, 0.6) is 0 Å². The van der Waals surface area contributed by atoms with Gasteiger partial charge < -0.3 is 0 Å². The van der Waals surface area contributed by atoms with Crippen LogP contribution in [-0.4, -0.2) is 0 Å². The summed E-state index contributed by atoms with van der Waals surface area (Å²) < 4.78 is 0. The van der Waals surface area contributed by atoms with Crippen molar-refractivity contribution in [1.29, 1.82) is 0 Å². The Morgan fingerprint density at radius 2 is 0.500 bits per heavy atom. The van der Waals surface area contributed by atoms with Gasteiger partial charge in [0.05, 0.1) is 0 Å². The van der Waals surface area contributed by atoms with Crippen LogP contribution in [0.2, 0.25) is 0 Å². The van der Waals surface area contributed by atoms with E-state index in [1.165, 1.54) is 0 Å². The molecule has 0 N–H and O–H groups in total. The lowest BCUT2D eigenvalue weighted by Gasteiger charge is -3.34. The van der Waals surface area contributed by atoms with Crippen LogP contribution in [0.4, 0.5) is 0 Å². The summed E-state index contributed by atoms with van der Waals surface area (Å²) in [6.45, 7) is 42.2. The summed E-state index contributed by atoms with van der Waals surface area (Å²) in [5, 5.41) is 0. The minimum absolute atomic E-state index is 0.238. The number of hydrogen-bond acceptors (Lipinski definition) is 0. The zero-order valence-corrected chi connectivity index (χ0v) is 22.0. The molecule has 0 saturated heterocycles. The van der Waals surface area contributed by atoms with Crippen molar-refractivity contribution in [2.45, 2.75) is 111 Å². The van der Waals surface area contributed by atoms with Gasteiger partial charge in [-0.1, -0.05) is 111 Å². The molecule has 0 bridgehead atoms. The van der Waals surface area contributed by atoms with Gasteiger partial charge in [0.15, 0.2) is 0 Å². The minimum Gasteiger partial charge on any atom is -0.0596 e. The molecule has 0 unspecified atom stereocenters. The first-order valence-electron chi connectivity index (χ1n) is 12.0. The number of rotatable bonds is 1. The molecule has 160 valence electrons. The highest BCUT2D eigenvalue weighted by molar-refractivity contribution is 5.77. The largest absolute Gasteiger partial charge is 0.0596 e. The van der Waals surface area contributed by atoms with E-state index in [0.717, 1.165) is 0 Å². The van der Waals surface area contributed by atoms with Gasteiger partial charge in [0.25, 0.3) is 0 Å². The molecule has 6 aliphatic carbocycles. The highest BCUT2D eigenvalue weighted by atomic mass is 15.3. The topological polar surface area (TPSA) is 0 Å². The molecule has 6 rings (SSSR count). The minimum atomic E-state index is 0.238. The van der Waals surface area contributed by atoms with Crippen molar-refractivity contribution in [2.75, 3.05) is 0 Å². The van der Waals surface area contributed by atoms with Crippen molar-refractivity contribution >= 4 is 0 Å². The smallest absolute Gasteiger partial charge is 0.00308 e. The van der Waals surface area contributed by atoms with E-state index in [-0.39, 0.29) is 21.7 Å². The van der Waals surface area contributed by atoms with E-state index in [1.807, 2.05) is 0 Å². The highest BCUT2D eigenvalue weighted by Gasteiger charge is 3.32. The molecule has 0 amide bonds. The quantitative estimate of drug-likeness (QED) is 0.427. The third-order valence-corrected chi connectivity index (χ3v) is 15.2. The Morgan fingerprint density at radius 1 is 0.321 bits per heavy atom. The third kappa shape index (κ3) is 0.784. The summed E-state index contributed by atoms with van der Waals surface area (Å²) in [7, 11) is 0. The SMILES string of the molecule is CC(C)(C)C(C(C)(C)C)(C(C)(C)C)C12C3(C)C4(C)C5(C)C3(C)C1(C)C5(C)C42C. The predicted octanol–water partition coefficient (Wildman–Crippen LogP) is 8.21. The van der Waals surface area contributed by atoms with Gasteiger partial charge in [-0.15, -0.1) is 0 Å². The van der Waals surface area contributed by atoms with E-state index in [0.29, 0.717) is 43.3 Å². The summed E-state index contributed by atoms with van der Waals surface area (Å²) in [6.07, 6.45) is 0. The van der Waals surface area contributed by atoms with Gasteiger partial charge in [-0.05, 0) is 65.0 Å². The van der Waals surface area contributed by atoms with Gasteiger partial charge in [0.1, 0.15) is 0 Å². The summed E-state index contributed by atoms with van der Waals surface area (Å²) in [5.41, 5.74) is 4.77. The van der Waals surface area contributed by atoms with Crippen LogP contribution >= 0.6 is 0 Å². The van der Waals surface area contributed by atoms with Crippen LogP contribution in [0.25, 0.3) is 0 Å². The summed E-state index contributed by atoms with van der Waals surface area (Å²) in [5.74, 6) is 0. The van der Waals surface area contributed by atoms with Crippen molar-refractivity contribution in [3.8, 4) is 0 Å². The Hall–Kier alpha value is 0. The average molecular weight is 385 g/mol. The molecular formula is C28H48. The van der Waals surface area contributed by atoms with Crippen molar-refractivity contribution in [1.82, 2.24) is 0 Å². The van der Waals surface area contributed by atoms with Crippen LogP contribution in [0.3, 0.4) is 0 Å². The Morgan fingerprint density at radius 3 is 0.679 bits per heavy atom.